The zero-order valence-corrected chi connectivity index (χ0v) is 10.6. The van der Waals surface area contributed by atoms with E-state index in [1.807, 2.05) is 24.3 Å². The predicted octanol–water partition coefficient (Wildman–Crippen LogP) is 2.01. The Bertz CT molecular complexity index is 569. The monoisotopic (exact) mass is 275 g/mol. The Morgan fingerprint density at radius 2 is 1.68 bits per heavy atom. The molecular formula is C12H10N3O3P. The minimum absolute atomic E-state index is 0.270. The average Bonchev–Trinajstić information content (AvgIpc) is 2.88. The van der Waals surface area contributed by atoms with Gasteiger partial charge < -0.3 is 9.05 Å². The molecule has 1 amide bonds. The molecule has 19 heavy (non-hydrogen) atoms. The summed E-state index contributed by atoms with van der Waals surface area (Å²) in [6.07, 6.45) is 3.11. The third-order valence-corrected chi connectivity index (χ3v) is 3.43. The van der Waals surface area contributed by atoms with Gasteiger partial charge >= 0.3 is 8.53 Å². The van der Waals surface area contributed by atoms with E-state index in [0.29, 0.717) is 17.1 Å². The molecule has 0 radical (unpaired) electrons. The summed E-state index contributed by atoms with van der Waals surface area (Å²) in [5.74, 6) is 1.06. The van der Waals surface area contributed by atoms with Crippen molar-refractivity contribution < 1.29 is 13.8 Å². The van der Waals surface area contributed by atoms with E-state index in [1.165, 1.54) is 0 Å². The molecule has 3 rings (SSSR count). The number of para-hydroxylation sites is 2. The van der Waals surface area contributed by atoms with Gasteiger partial charge in [-0.15, -0.1) is 5.20 Å². The van der Waals surface area contributed by atoms with Gasteiger partial charge in [0.1, 0.15) is 0 Å². The maximum Gasteiger partial charge on any atom is 0.401 e. The number of amides is 1. The van der Waals surface area contributed by atoms with Gasteiger partial charge in [0.25, 0.3) is 5.91 Å². The second-order valence-corrected chi connectivity index (χ2v) is 4.79. The summed E-state index contributed by atoms with van der Waals surface area (Å²) in [7, 11) is -1.39. The molecule has 1 aliphatic heterocycles. The SMILES string of the molecule is O=C(NNP1Oc2ccccc2O1)c1ccncc1. The number of hydrazine groups is 1. The minimum atomic E-state index is -1.39. The van der Waals surface area contributed by atoms with Crippen LogP contribution in [0.1, 0.15) is 10.4 Å². The third kappa shape index (κ3) is 2.65. The zero-order valence-electron chi connectivity index (χ0n) is 9.74. The van der Waals surface area contributed by atoms with Gasteiger partial charge in [0.05, 0.1) is 0 Å². The molecule has 7 heteroatoms. The van der Waals surface area contributed by atoms with Crippen molar-refractivity contribution in [2.24, 2.45) is 0 Å². The van der Waals surface area contributed by atoms with Crippen LogP contribution in [-0.2, 0) is 0 Å². The standard InChI is InChI=1S/C12H10N3O3P/c16-12(9-5-7-13-8-6-9)14-15-19-17-10-3-1-2-4-11(10)18-19/h1-8,15H,(H,14,16). The molecule has 0 fully saturated rings. The van der Waals surface area contributed by atoms with Crippen molar-refractivity contribution in [3.05, 3.63) is 54.4 Å². The van der Waals surface area contributed by atoms with E-state index in [2.05, 4.69) is 15.6 Å². The van der Waals surface area contributed by atoms with Gasteiger partial charge in [0.2, 0.25) is 0 Å². The van der Waals surface area contributed by atoms with Crippen molar-refractivity contribution in [1.29, 1.82) is 0 Å². The van der Waals surface area contributed by atoms with Crippen LogP contribution in [0.15, 0.2) is 48.8 Å². The van der Waals surface area contributed by atoms with Gasteiger partial charge in [0, 0.05) is 18.0 Å². The molecule has 2 aromatic rings. The molecule has 0 aliphatic carbocycles. The van der Waals surface area contributed by atoms with Gasteiger partial charge in [-0.2, -0.15) is 0 Å². The van der Waals surface area contributed by atoms with E-state index < -0.39 is 8.53 Å². The molecule has 0 saturated carbocycles. The fourth-order valence-corrected chi connectivity index (χ4v) is 2.50. The Labute approximate surface area is 110 Å². The van der Waals surface area contributed by atoms with E-state index in [0.717, 1.165) is 0 Å². The third-order valence-electron chi connectivity index (χ3n) is 2.41. The number of carbonyl (C=O) groups excluding carboxylic acids is 1. The molecule has 96 valence electrons. The number of pyridine rings is 1. The number of hydrogen-bond donors (Lipinski definition) is 2. The number of carbonyl (C=O) groups is 1. The average molecular weight is 275 g/mol. The maximum absolute atomic E-state index is 11.8. The molecule has 0 unspecified atom stereocenters. The van der Waals surface area contributed by atoms with Gasteiger partial charge in [-0.05, 0) is 24.3 Å². The number of fused-ring (bicyclic) bond motifs is 1. The topological polar surface area (TPSA) is 72.5 Å². The van der Waals surface area contributed by atoms with Crippen LogP contribution in [0.2, 0.25) is 0 Å². The summed E-state index contributed by atoms with van der Waals surface area (Å²) in [5.41, 5.74) is 3.05. The Hall–Kier alpha value is -2.17. The van der Waals surface area contributed by atoms with E-state index in [-0.39, 0.29) is 5.91 Å². The summed E-state index contributed by atoms with van der Waals surface area (Å²) >= 11 is 0. The smallest absolute Gasteiger partial charge is 0.401 e. The highest BCUT2D eigenvalue weighted by atomic mass is 31.2. The summed E-state index contributed by atoms with van der Waals surface area (Å²) in [5, 5.41) is 2.73. The normalized spacial score (nSPS) is 13.3. The lowest BCUT2D eigenvalue weighted by molar-refractivity contribution is 0.0944. The Balaban J connectivity index is 1.56. The first-order chi connectivity index (χ1) is 9.33. The second-order valence-electron chi connectivity index (χ2n) is 3.69. The fourth-order valence-electron chi connectivity index (χ4n) is 1.52. The van der Waals surface area contributed by atoms with Crippen molar-refractivity contribution in [1.82, 2.24) is 15.6 Å². The first-order valence-electron chi connectivity index (χ1n) is 5.54. The summed E-state index contributed by atoms with van der Waals surface area (Å²) in [4.78, 5) is 15.6. The van der Waals surface area contributed by atoms with Crippen molar-refractivity contribution in [3.63, 3.8) is 0 Å². The zero-order chi connectivity index (χ0) is 13.1. The van der Waals surface area contributed by atoms with Crippen LogP contribution in [-0.4, -0.2) is 10.9 Å². The van der Waals surface area contributed by atoms with E-state index in [4.69, 9.17) is 9.05 Å². The van der Waals surface area contributed by atoms with Crippen molar-refractivity contribution in [2.75, 3.05) is 0 Å². The molecule has 0 saturated heterocycles. The van der Waals surface area contributed by atoms with Gasteiger partial charge in [-0.25, -0.2) is 0 Å². The largest absolute Gasteiger partial charge is 0.422 e. The highest BCUT2D eigenvalue weighted by Crippen LogP contribution is 2.48. The van der Waals surface area contributed by atoms with Crippen LogP contribution in [0.25, 0.3) is 0 Å². The number of nitrogens with zero attached hydrogens (tertiary/aromatic N) is 1. The van der Waals surface area contributed by atoms with Crippen LogP contribution >= 0.6 is 8.53 Å². The molecule has 1 aromatic carbocycles. The molecule has 0 atom stereocenters. The number of nitrogens with one attached hydrogen (secondary N) is 2. The van der Waals surface area contributed by atoms with Gasteiger partial charge in [-0.1, -0.05) is 12.1 Å². The van der Waals surface area contributed by atoms with Crippen LogP contribution in [0.3, 0.4) is 0 Å². The van der Waals surface area contributed by atoms with Crippen LogP contribution in [0.4, 0.5) is 0 Å². The summed E-state index contributed by atoms with van der Waals surface area (Å²) in [6.45, 7) is 0. The van der Waals surface area contributed by atoms with Gasteiger partial charge in [0.15, 0.2) is 11.5 Å². The lowest BCUT2D eigenvalue weighted by atomic mass is 10.3. The Morgan fingerprint density at radius 3 is 2.32 bits per heavy atom. The van der Waals surface area contributed by atoms with Crippen LogP contribution in [0, 0.1) is 0 Å². The molecule has 0 spiro atoms. The number of benzene rings is 1. The molecule has 1 aliphatic rings. The molecular weight excluding hydrogens is 265 g/mol. The van der Waals surface area contributed by atoms with Gasteiger partial charge in [-0.3, -0.25) is 15.2 Å². The fraction of sp³-hybridized carbons (Fsp3) is 0. The Kier molecular flexibility index (Phi) is 3.27. The maximum atomic E-state index is 11.8. The van der Waals surface area contributed by atoms with E-state index in [1.54, 1.807) is 24.5 Å². The number of aromatic nitrogens is 1. The second kappa shape index (κ2) is 5.22. The molecule has 6 nitrogen and oxygen atoms in total. The molecule has 0 bridgehead atoms. The van der Waals surface area contributed by atoms with E-state index >= 15 is 0 Å². The lowest BCUT2D eigenvalue weighted by Crippen LogP contribution is -2.35. The summed E-state index contributed by atoms with van der Waals surface area (Å²) in [6, 6.07) is 10.6. The quantitative estimate of drug-likeness (QED) is 0.662. The molecule has 1 aromatic heterocycles. The lowest BCUT2D eigenvalue weighted by Gasteiger charge is -2.10. The number of rotatable bonds is 3. The van der Waals surface area contributed by atoms with Crippen molar-refractivity contribution in [2.45, 2.75) is 0 Å². The van der Waals surface area contributed by atoms with Crippen molar-refractivity contribution in [3.8, 4) is 11.5 Å². The highest BCUT2D eigenvalue weighted by Gasteiger charge is 2.26. The first kappa shape index (κ1) is 11.9. The van der Waals surface area contributed by atoms with Crippen molar-refractivity contribution >= 4 is 14.4 Å². The highest BCUT2D eigenvalue weighted by molar-refractivity contribution is 7.46. The summed E-state index contributed by atoms with van der Waals surface area (Å²) < 4.78 is 11.0. The predicted molar refractivity (Wildman–Crippen MR) is 69.5 cm³/mol. The molecule has 2 heterocycles. The molecule has 2 N–H and O–H groups in total. The Morgan fingerprint density at radius 1 is 1.05 bits per heavy atom. The minimum Gasteiger partial charge on any atom is -0.422 e. The van der Waals surface area contributed by atoms with Crippen LogP contribution in [0.5, 0.6) is 11.5 Å². The van der Waals surface area contributed by atoms with E-state index in [9.17, 15) is 4.79 Å². The first-order valence-corrected chi connectivity index (χ1v) is 6.72. The van der Waals surface area contributed by atoms with Crippen LogP contribution < -0.4 is 19.7 Å². The number of hydrogen-bond acceptors (Lipinski definition) is 5.